The summed E-state index contributed by atoms with van der Waals surface area (Å²) in [6.07, 6.45) is 18.6. The van der Waals surface area contributed by atoms with Gasteiger partial charge in [0, 0.05) is 43.7 Å². The Labute approximate surface area is 490 Å². The summed E-state index contributed by atoms with van der Waals surface area (Å²) in [5.74, 6) is 4.06. The second-order valence-corrected chi connectivity index (χ2v) is 25.7. The fraction of sp³-hybridized carbons (Fsp3) is 0.250. The van der Waals surface area contributed by atoms with Crippen molar-refractivity contribution >= 4 is 132 Å². The van der Waals surface area contributed by atoms with E-state index in [2.05, 4.69) is 216 Å². The number of fused-ring (bicyclic) bond motifs is 12. The quantitative estimate of drug-likeness (QED) is 0.142. The minimum atomic E-state index is 0.501. The molecule has 0 bridgehead atoms. The first kappa shape index (κ1) is 48.9. The second kappa shape index (κ2) is 19.5. The van der Waals surface area contributed by atoms with Crippen LogP contribution in [0.15, 0.2) is 215 Å². The van der Waals surface area contributed by atoms with E-state index >= 15 is 0 Å². The van der Waals surface area contributed by atoms with Gasteiger partial charge in [-0.15, -0.1) is 0 Å². The van der Waals surface area contributed by atoms with Gasteiger partial charge in [-0.1, -0.05) is 210 Å². The van der Waals surface area contributed by atoms with Gasteiger partial charge in [0.1, 0.15) is 11.2 Å². The fourth-order valence-corrected chi connectivity index (χ4v) is 18.0. The summed E-state index contributed by atoms with van der Waals surface area (Å²) in [6, 6.07) is 77.7. The molecule has 0 saturated heterocycles. The van der Waals surface area contributed by atoms with Crippen LogP contribution in [0.4, 0.5) is 34.1 Å². The zero-order valence-electron chi connectivity index (χ0n) is 47.7. The van der Waals surface area contributed by atoms with Crippen LogP contribution in [0.1, 0.15) is 113 Å². The predicted molar refractivity (Wildman–Crippen MR) is 353 cm³/mol. The maximum atomic E-state index is 7.61. The number of hydrogen-bond donors (Lipinski definition) is 0. The van der Waals surface area contributed by atoms with E-state index in [9.17, 15) is 0 Å². The van der Waals surface area contributed by atoms with Crippen LogP contribution < -0.4 is 9.80 Å². The maximum absolute atomic E-state index is 7.61. The largest absolute Gasteiger partial charge is 0.454 e. The Morgan fingerprint density at radius 3 is 1.15 bits per heavy atom. The molecular weight excluding hydrogens is 1020 g/mol. The van der Waals surface area contributed by atoms with Crippen LogP contribution in [-0.4, -0.2) is 0 Å². The number of nitrogens with zero attached hydrogens (tertiary/aromatic N) is 2. The highest BCUT2D eigenvalue weighted by molar-refractivity contribution is 6.30. The molecule has 4 aliphatic rings. The van der Waals surface area contributed by atoms with Crippen molar-refractivity contribution in [3.63, 3.8) is 0 Å². The minimum Gasteiger partial charge on any atom is -0.454 e. The van der Waals surface area contributed by atoms with E-state index in [1.165, 1.54) is 176 Å². The molecule has 0 aliphatic heterocycles. The monoisotopic (exact) mass is 1090 g/mol. The van der Waals surface area contributed by atoms with Gasteiger partial charge >= 0.3 is 0 Å². The van der Waals surface area contributed by atoms with E-state index in [1.807, 2.05) is 0 Å². The van der Waals surface area contributed by atoms with Crippen molar-refractivity contribution in [2.75, 3.05) is 9.80 Å². The molecule has 4 fully saturated rings. The molecule has 0 amide bonds. The first-order valence-corrected chi connectivity index (χ1v) is 31.8. The molecule has 6 unspecified atom stereocenters. The molecular formula is C80H68N2O2. The summed E-state index contributed by atoms with van der Waals surface area (Å²) in [7, 11) is 0. The van der Waals surface area contributed by atoms with Crippen LogP contribution in [0.25, 0.3) is 97.7 Å². The smallest absolute Gasteiger partial charge is 0.159 e. The van der Waals surface area contributed by atoms with Crippen molar-refractivity contribution in [2.24, 2.45) is 23.7 Å². The fourth-order valence-electron chi connectivity index (χ4n) is 18.0. The summed E-state index contributed by atoms with van der Waals surface area (Å²) in [5.41, 5.74) is 13.4. The van der Waals surface area contributed by atoms with Crippen LogP contribution in [0.3, 0.4) is 0 Å². The number of anilines is 6. The van der Waals surface area contributed by atoms with Crippen molar-refractivity contribution in [2.45, 2.75) is 102 Å². The van der Waals surface area contributed by atoms with E-state index in [0.29, 0.717) is 23.7 Å². The molecule has 0 spiro atoms. The van der Waals surface area contributed by atoms with Gasteiger partial charge in [0.2, 0.25) is 0 Å². The van der Waals surface area contributed by atoms with Crippen molar-refractivity contribution in [1.82, 2.24) is 0 Å². The molecule has 410 valence electrons. The van der Waals surface area contributed by atoms with Crippen molar-refractivity contribution in [1.29, 1.82) is 0 Å². The first-order chi connectivity index (χ1) is 41.7. The van der Waals surface area contributed by atoms with Gasteiger partial charge in [0.25, 0.3) is 0 Å². The topological polar surface area (TPSA) is 32.8 Å². The minimum absolute atomic E-state index is 0.501. The van der Waals surface area contributed by atoms with Crippen molar-refractivity contribution in [3.05, 3.63) is 217 Å². The lowest BCUT2D eigenvalue weighted by molar-refractivity contribution is 0.144. The maximum Gasteiger partial charge on any atom is 0.159 e. The van der Waals surface area contributed by atoms with Gasteiger partial charge in [-0.25, -0.2) is 0 Å². The van der Waals surface area contributed by atoms with E-state index in [-0.39, 0.29) is 0 Å². The average Bonchev–Trinajstić information content (AvgIpc) is 1.57. The predicted octanol–water partition coefficient (Wildman–Crippen LogP) is 23.8. The Kier molecular flexibility index (Phi) is 11.3. The molecule has 2 aromatic heterocycles. The molecule has 84 heavy (non-hydrogen) atoms. The van der Waals surface area contributed by atoms with Crippen LogP contribution in [0.5, 0.6) is 0 Å². The molecule has 0 radical (unpaired) electrons. The highest BCUT2D eigenvalue weighted by Crippen LogP contribution is 2.56. The van der Waals surface area contributed by atoms with E-state index in [0.717, 1.165) is 68.3 Å². The van der Waals surface area contributed by atoms with Gasteiger partial charge in [0.15, 0.2) is 11.2 Å². The Bertz CT molecular complexity index is 4570. The first-order valence-electron chi connectivity index (χ1n) is 31.8. The van der Waals surface area contributed by atoms with Crippen LogP contribution in [0, 0.1) is 23.7 Å². The van der Waals surface area contributed by atoms with Gasteiger partial charge in [0.05, 0.1) is 22.7 Å². The lowest BCUT2D eigenvalue weighted by Gasteiger charge is -2.41. The Morgan fingerprint density at radius 2 is 0.679 bits per heavy atom. The zero-order chi connectivity index (χ0) is 55.0. The summed E-state index contributed by atoms with van der Waals surface area (Å²) in [4.78, 5) is 4.96. The Balaban J connectivity index is 0.841. The summed E-state index contributed by atoms with van der Waals surface area (Å²) >= 11 is 0. The molecule has 4 saturated carbocycles. The van der Waals surface area contributed by atoms with Gasteiger partial charge < -0.3 is 18.6 Å². The zero-order valence-corrected chi connectivity index (χ0v) is 47.7. The lowest BCUT2D eigenvalue weighted by Crippen LogP contribution is -2.29. The van der Waals surface area contributed by atoms with Crippen molar-refractivity contribution < 1.29 is 8.83 Å². The molecule has 6 atom stereocenters. The molecule has 12 aromatic carbocycles. The molecule has 4 aliphatic carbocycles. The molecule has 4 nitrogen and oxygen atoms in total. The second-order valence-electron chi connectivity index (χ2n) is 25.7. The number of hydrogen-bond acceptors (Lipinski definition) is 4. The molecule has 2 heterocycles. The average molecular weight is 1090 g/mol. The number of rotatable bonds is 8. The number of benzene rings is 12. The van der Waals surface area contributed by atoms with Crippen molar-refractivity contribution in [3.8, 4) is 0 Å². The number of para-hydroxylation sites is 4. The van der Waals surface area contributed by atoms with E-state index in [1.54, 1.807) is 0 Å². The highest BCUT2D eigenvalue weighted by Gasteiger charge is 2.40. The molecule has 18 rings (SSSR count). The van der Waals surface area contributed by atoms with E-state index in [4.69, 9.17) is 8.83 Å². The van der Waals surface area contributed by atoms with Crippen LogP contribution in [-0.2, 0) is 0 Å². The third kappa shape index (κ3) is 7.44. The summed E-state index contributed by atoms with van der Waals surface area (Å²) < 4.78 is 15.2. The molecule has 4 heteroatoms. The normalized spacial score (nSPS) is 21.1. The van der Waals surface area contributed by atoms with Crippen LogP contribution >= 0.6 is 0 Å². The molecule has 14 aromatic rings. The van der Waals surface area contributed by atoms with Gasteiger partial charge in [-0.05, 0) is 176 Å². The summed E-state index contributed by atoms with van der Waals surface area (Å²) in [5, 5.41) is 17.4. The number of furan rings is 2. The Hall–Kier alpha value is -8.60. The van der Waals surface area contributed by atoms with Gasteiger partial charge in [-0.3, -0.25) is 0 Å². The van der Waals surface area contributed by atoms with Gasteiger partial charge in [-0.2, -0.15) is 0 Å². The lowest BCUT2D eigenvalue weighted by atomic mass is 9.63. The van der Waals surface area contributed by atoms with E-state index < -0.39 is 0 Å². The SMILES string of the molecule is c1ccc(N(c2ccc3ccc4c(N(c5ccccc5)c5cccc6c5oc5c(C7CCCC8CCCCC87)cc7ccccc7c56)ccc5ccc2c3c54)c2cccc3c2oc2c(C4CCCC5CCCCC54)cc4ccccc4c23)cc1. The third-order valence-electron chi connectivity index (χ3n) is 21.6. The third-order valence-corrected chi connectivity index (χ3v) is 21.6. The standard InChI is InChI=1S/C80H68N2O2/c1-3-25-55(26-4-1)81(71-37-17-35-65-75-59-31-13-9-21-53(59)47-67(79(75)83-77(65)71)61-33-15-23-49-19-7-11-29-57(49)61)69-45-41-51-40-44-64-70(46-42-52-39-43-63(69)73(51)74(52)64)82(56-27-5-2-6-28-56)72-38-18-36-66-76-60-32-14-10-22-54(60)48-68(80(76)84-78(66)72)62-34-16-24-50-20-8-12-30-58(50)62/h1-6,9-10,13-14,17-18,21-22,25-28,31-32,35-50,57-58,61-62H,7-8,11-12,15-16,19-20,23-24,29-30,33-34H2. The highest BCUT2D eigenvalue weighted by atomic mass is 16.3. The summed E-state index contributed by atoms with van der Waals surface area (Å²) in [6.45, 7) is 0. The van der Waals surface area contributed by atoms with Crippen LogP contribution in [0.2, 0.25) is 0 Å². The molecule has 0 N–H and O–H groups in total. The Morgan fingerprint density at radius 1 is 0.274 bits per heavy atom.